The summed E-state index contributed by atoms with van der Waals surface area (Å²) in [7, 11) is 3.64. The Hall–Kier alpha value is -1.32. The molecule has 7 nitrogen and oxygen atoms in total. The summed E-state index contributed by atoms with van der Waals surface area (Å²) in [6, 6.07) is 1.96. The van der Waals surface area contributed by atoms with Gasteiger partial charge in [0.2, 0.25) is 5.91 Å². The van der Waals surface area contributed by atoms with E-state index in [0.29, 0.717) is 32.0 Å². The van der Waals surface area contributed by atoms with Crippen molar-refractivity contribution in [3.8, 4) is 0 Å². The van der Waals surface area contributed by atoms with E-state index < -0.39 is 0 Å². The third kappa shape index (κ3) is 7.06. The monoisotopic (exact) mass is 448 g/mol. The van der Waals surface area contributed by atoms with Crippen molar-refractivity contribution in [3.63, 3.8) is 0 Å². The molecule has 0 bridgehead atoms. The maximum absolute atomic E-state index is 11.8. The molecule has 1 saturated carbocycles. The quantitative estimate of drug-likeness (QED) is 0.255. The highest BCUT2D eigenvalue weighted by atomic mass is 127. The maximum atomic E-state index is 11.8. The molecule has 0 spiro atoms. The predicted octanol–water partition coefficient (Wildman–Crippen LogP) is 1.40. The van der Waals surface area contributed by atoms with Crippen LogP contribution in [0.5, 0.6) is 0 Å². The third-order valence-corrected chi connectivity index (χ3v) is 4.27. The van der Waals surface area contributed by atoms with Gasteiger partial charge in [-0.2, -0.15) is 5.10 Å². The fraction of sp³-hybridized carbons (Fsp3) is 0.688. The third-order valence-electron chi connectivity index (χ3n) is 4.27. The minimum atomic E-state index is 0. The first-order valence-corrected chi connectivity index (χ1v) is 8.37. The SMILES string of the molecule is CN=C(NCCNC(=O)CC1CCCC1)NCc1ccnn1C.I. The van der Waals surface area contributed by atoms with Crippen LogP contribution in [0.3, 0.4) is 0 Å². The summed E-state index contributed by atoms with van der Waals surface area (Å²) in [4.78, 5) is 16.0. The largest absolute Gasteiger partial charge is 0.355 e. The van der Waals surface area contributed by atoms with Crippen molar-refractivity contribution in [2.45, 2.75) is 38.6 Å². The predicted molar refractivity (Wildman–Crippen MR) is 106 cm³/mol. The van der Waals surface area contributed by atoms with Gasteiger partial charge in [0.15, 0.2) is 5.96 Å². The smallest absolute Gasteiger partial charge is 0.220 e. The summed E-state index contributed by atoms with van der Waals surface area (Å²) in [5.41, 5.74) is 1.08. The van der Waals surface area contributed by atoms with Crippen molar-refractivity contribution in [1.82, 2.24) is 25.7 Å². The molecule has 1 heterocycles. The van der Waals surface area contributed by atoms with Gasteiger partial charge < -0.3 is 16.0 Å². The lowest BCUT2D eigenvalue weighted by molar-refractivity contribution is -0.121. The Labute approximate surface area is 161 Å². The van der Waals surface area contributed by atoms with E-state index in [0.717, 1.165) is 11.7 Å². The average molecular weight is 448 g/mol. The van der Waals surface area contributed by atoms with Gasteiger partial charge >= 0.3 is 0 Å². The summed E-state index contributed by atoms with van der Waals surface area (Å²) in [5.74, 6) is 1.48. The first-order chi connectivity index (χ1) is 11.2. The average Bonchev–Trinajstić information content (AvgIpc) is 3.18. The van der Waals surface area contributed by atoms with Gasteiger partial charge in [0.25, 0.3) is 0 Å². The topological polar surface area (TPSA) is 83.3 Å². The van der Waals surface area contributed by atoms with Crippen LogP contribution in [0.2, 0.25) is 0 Å². The molecule has 1 fully saturated rings. The van der Waals surface area contributed by atoms with Gasteiger partial charge in [0.05, 0.1) is 12.2 Å². The zero-order chi connectivity index (χ0) is 16.5. The molecule has 0 atom stereocenters. The van der Waals surface area contributed by atoms with Crippen molar-refractivity contribution in [2.24, 2.45) is 18.0 Å². The molecule has 24 heavy (non-hydrogen) atoms. The van der Waals surface area contributed by atoms with Crippen LogP contribution in [-0.2, 0) is 18.4 Å². The molecule has 1 aliphatic rings. The summed E-state index contributed by atoms with van der Waals surface area (Å²) in [5, 5.41) is 13.5. The van der Waals surface area contributed by atoms with E-state index in [4.69, 9.17) is 0 Å². The highest BCUT2D eigenvalue weighted by molar-refractivity contribution is 14.0. The molecule has 0 radical (unpaired) electrons. The van der Waals surface area contributed by atoms with Gasteiger partial charge in [-0.1, -0.05) is 12.8 Å². The lowest BCUT2D eigenvalue weighted by Crippen LogP contribution is -2.41. The first kappa shape index (κ1) is 20.7. The number of amides is 1. The zero-order valence-electron chi connectivity index (χ0n) is 14.5. The van der Waals surface area contributed by atoms with E-state index in [-0.39, 0.29) is 29.9 Å². The molecule has 0 aliphatic heterocycles. The second-order valence-corrected chi connectivity index (χ2v) is 6.00. The fourth-order valence-electron chi connectivity index (χ4n) is 2.90. The molecule has 0 saturated heterocycles. The summed E-state index contributed by atoms with van der Waals surface area (Å²) in [6.45, 7) is 1.92. The second-order valence-electron chi connectivity index (χ2n) is 6.00. The molecule has 1 aliphatic carbocycles. The van der Waals surface area contributed by atoms with Gasteiger partial charge in [-0.15, -0.1) is 24.0 Å². The first-order valence-electron chi connectivity index (χ1n) is 8.37. The van der Waals surface area contributed by atoms with E-state index in [9.17, 15) is 4.79 Å². The van der Waals surface area contributed by atoms with Gasteiger partial charge in [-0.25, -0.2) is 0 Å². The molecular weight excluding hydrogens is 419 g/mol. The number of rotatable bonds is 7. The molecule has 1 aromatic heterocycles. The number of carbonyl (C=O) groups excluding carboxylic acids is 1. The maximum Gasteiger partial charge on any atom is 0.220 e. The van der Waals surface area contributed by atoms with E-state index in [1.54, 1.807) is 13.2 Å². The van der Waals surface area contributed by atoms with E-state index >= 15 is 0 Å². The van der Waals surface area contributed by atoms with Crippen molar-refractivity contribution in [3.05, 3.63) is 18.0 Å². The molecule has 8 heteroatoms. The summed E-state index contributed by atoms with van der Waals surface area (Å²) in [6.07, 6.45) is 7.41. The van der Waals surface area contributed by atoms with Crippen LogP contribution >= 0.6 is 24.0 Å². The normalized spacial score (nSPS) is 15.0. The lowest BCUT2D eigenvalue weighted by atomic mass is 10.0. The Morgan fingerprint density at radius 1 is 1.29 bits per heavy atom. The second kappa shape index (κ2) is 11.3. The van der Waals surface area contributed by atoms with Crippen LogP contribution in [0, 0.1) is 5.92 Å². The van der Waals surface area contributed by atoms with Crippen molar-refractivity contribution in [2.75, 3.05) is 20.1 Å². The Morgan fingerprint density at radius 2 is 2.00 bits per heavy atom. The minimum absolute atomic E-state index is 0. The van der Waals surface area contributed by atoms with Gasteiger partial charge in [0.1, 0.15) is 0 Å². The number of nitrogens with one attached hydrogen (secondary N) is 3. The minimum Gasteiger partial charge on any atom is -0.355 e. The Kier molecular flexibility index (Phi) is 9.73. The molecule has 2 rings (SSSR count). The van der Waals surface area contributed by atoms with Crippen LogP contribution in [0.1, 0.15) is 37.8 Å². The van der Waals surface area contributed by atoms with E-state index in [1.807, 2.05) is 17.8 Å². The number of aromatic nitrogens is 2. The van der Waals surface area contributed by atoms with E-state index in [1.165, 1.54) is 25.7 Å². The lowest BCUT2D eigenvalue weighted by Gasteiger charge is -2.13. The Morgan fingerprint density at radius 3 is 2.62 bits per heavy atom. The standard InChI is InChI=1S/C16H28N6O.HI/c1-17-16(20-12-14-7-8-21-22(14)2)19-10-9-18-15(23)11-13-5-3-4-6-13;/h7-8,13H,3-6,9-12H2,1-2H3,(H,18,23)(H2,17,19,20);1H. The van der Waals surface area contributed by atoms with Crippen LogP contribution < -0.4 is 16.0 Å². The van der Waals surface area contributed by atoms with Crippen LogP contribution in [0.25, 0.3) is 0 Å². The van der Waals surface area contributed by atoms with Gasteiger partial charge in [0, 0.05) is 39.8 Å². The number of hydrogen-bond acceptors (Lipinski definition) is 3. The number of carbonyl (C=O) groups is 1. The van der Waals surface area contributed by atoms with Gasteiger partial charge in [-0.3, -0.25) is 14.5 Å². The Balaban J connectivity index is 0.00000288. The number of nitrogens with zero attached hydrogens (tertiary/aromatic N) is 3. The Bertz CT molecular complexity index is 524. The number of halogens is 1. The molecule has 3 N–H and O–H groups in total. The highest BCUT2D eigenvalue weighted by Gasteiger charge is 2.17. The molecule has 1 amide bonds. The van der Waals surface area contributed by atoms with Crippen LogP contribution in [-0.4, -0.2) is 41.8 Å². The van der Waals surface area contributed by atoms with E-state index in [2.05, 4.69) is 26.0 Å². The molecule has 0 unspecified atom stereocenters. The number of aryl methyl sites for hydroxylation is 1. The molecule has 1 aromatic rings. The molecule has 136 valence electrons. The highest BCUT2D eigenvalue weighted by Crippen LogP contribution is 2.27. The van der Waals surface area contributed by atoms with Crippen LogP contribution in [0.15, 0.2) is 17.3 Å². The zero-order valence-corrected chi connectivity index (χ0v) is 16.9. The summed E-state index contributed by atoms with van der Waals surface area (Å²) < 4.78 is 1.82. The van der Waals surface area contributed by atoms with Crippen molar-refractivity contribution in [1.29, 1.82) is 0 Å². The van der Waals surface area contributed by atoms with Crippen molar-refractivity contribution >= 4 is 35.8 Å². The number of hydrogen-bond donors (Lipinski definition) is 3. The fourth-order valence-corrected chi connectivity index (χ4v) is 2.90. The molecular formula is C16H29IN6O. The van der Waals surface area contributed by atoms with Crippen molar-refractivity contribution < 1.29 is 4.79 Å². The number of aliphatic imine (C=N–C) groups is 1. The number of guanidine groups is 1. The molecule has 0 aromatic carbocycles. The van der Waals surface area contributed by atoms with Crippen LogP contribution in [0.4, 0.5) is 0 Å². The van der Waals surface area contributed by atoms with Gasteiger partial charge in [-0.05, 0) is 24.8 Å². The summed E-state index contributed by atoms with van der Waals surface area (Å²) >= 11 is 0.